The zero-order valence-electron chi connectivity index (χ0n) is 13.0. The molecule has 0 aliphatic carbocycles. The molecular formula is C18H16N4O. The fourth-order valence-corrected chi connectivity index (χ4v) is 2.38. The zero-order chi connectivity index (χ0) is 16.2. The van der Waals surface area contributed by atoms with E-state index in [-0.39, 0.29) is 0 Å². The Kier molecular flexibility index (Phi) is 4.07. The van der Waals surface area contributed by atoms with Gasteiger partial charge >= 0.3 is 0 Å². The Hall–Kier alpha value is -3.13. The Morgan fingerprint density at radius 2 is 1.78 bits per heavy atom. The van der Waals surface area contributed by atoms with Crippen LogP contribution >= 0.6 is 0 Å². The van der Waals surface area contributed by atoms with Crippen molar-refractivity contribution in [3.05, 3.63) is 71.0 Å². The van der Waals surface area contributed by atoms with E-state index < -0.39 is 0 Å². The third-order valence-corrected chi connectivity index (χ3v) is 3.68. The van der Waals surface area contributed by atoms with Crippen LogP contribution in [0.15, 0.2) is 48.5 Å². The molecule has 0 aliphatic heterocycles. The smallest absolute Gasteiger partial charge is 0.186 e. The molecule has 5 heteroatoms. The number of nitrogens with zero attached hydrogens (tertiary/aromatic N) is 4. The van der Waals surface area contributed by atoms with Crippen molar-refractivity contribution < 1.29 is 4.74 Å². The SMILES string of the molecule is COc1ccc(Cc2c(C#N)nnn2-c2ccc(C)cc2)cc1. The molecule has 0 amide bonds. The maximum Gasteiger partial charge on any atom is 0.186 e. The van der Waals surface area contributed by atoms with Gasteiger partial charge in [0.25, 0.3) is 0 Å². The van der Waals surface area contributed by atoms with Gasteiger partial charge in [0.05, 0.1) is 18.5 Å². The first-order chi connectivity index (χ1) is 11.2. The molecular weight excluding hydrogens is 288 g/mol. The van der Waals surface area contributed by atoms with E-state index >= 15 is 0 Å². The molecule has 114 valence electrons. The quantitative estimate of drug-likeness (QED) is 0.743. The van der Waals surface area contributed by atoms with Crippen molar-refractivity contribution in [1.29, 1.82) is 5.26 Å². The van der Waals surface area contributed by atoms with Crippen LogP contribution in [0.5, 0.6) is 5.75 Å². The highest BCUT2D eigenvalue weighted by molar-refractivity contribution is 5.40. The van der Waals surface area contributed by atoms with Gasteiger partial charge in [-0.15, -0.1) is 5.10 Å². The number of rotatable bonds is 4. The number of aromatic nitrogens is 3. The van der Waals surface area contributed by atoms with Crippen molar-refractivity contribution in [2.45, 2.75) is 13.3 Å². The highest BCUT2D eigenvalue weighted by Gasteiger charge is 2.14. The van der Waals surface area contributed by atoms with Crippen LogP contribution in [0, 0.1) is 18.3 Å². The number of ether oxygens (including phenoxy) is 1. The average molecular weight is 304 g/mol. The van der Waals surface area contributed by atoms with Gasteiger partial charge in [0.2, 0.25) is 0 Å². The van der Waals surface area contributed by atoms with Gasteiger partial charge in [0.15, 0.2) is 5.69 Å². The summed E-state index contributed by atoms with van der Waals surface area (Å²) in [6.07, 6.45) is 0.577. The van der Waals surface area contributed by atoms with E-state index in [1.165, 1.54) is 5.56 Å². The van der Waals surface area contributed by atoms with Crippen molar-refractivity contribution in [2.24, 2.45) is 0 Å². The predicted octanol–water partition coefficient (Wildman–Crippen LogP) is 3.05. The van der Waals surface area contributed by atoms with E-state index in [4.69, 9.17) is 4.74 Å². The van der Waals surface area contributed by atoms with E-state index in [1.807, 2.05) is 55.5 Å². The minimum atomic E-state index is 0.349. The van der Waals surface area contributed by atoms with Gasteiger partial charge in [-0.1, -0.05) is 35.0 Å². The van der Waals surface area contributed by atoms with Crippen LogP contribution in [0.3, 0.4) is 0 Å². The first-order valence-corrected chi connectivity index (χ1v) is 7.26. The second-order valence-electron chi connectivity index (χ2n) is 5.27. The van der Waals surface area contributed by atoms with Gasteiger partial charge in [-0.2, -0.15) is 5.26 Å². The molecule has 0 saturated carbocycles. The number of nitriles is 1. The molecule has 3 rings (SSSR count). The number of aryl methyl sites for hydroxylation is 1. The highest BCUT2D eigenvalue weighted by atomic mass is 16.5. The summed E-state index contributed by atoms with van der Waals surface area (Å²) in [5.74, 6) is 0.805. The molecule has 23 heavy (non-hydrogen) atoms. The Balaban J connectivity index is 1.98. The topological polar surface area (TPSA) is 63.7 Å². The molecule has 0 atom stereocenters. The summed E-state index contributed by atoms with van der Waals surface area (Å²) in [5, 5.41) is 17.4. The molecule has 1 aromatic heterocycles. The molecule has 5 nitrogen and oxygen atoms in total. The van der Waals surface area contributed by atoms with Crippen LogP contribution in [0.4, 0.5) is 0 Å². The van der Waals surface area contributed by atoms with Crippen LogP contribution in [0.25, 0.3) is 5.69 Å². The monoisotopic (exact) mass is 304 g/mol. The molecule has 0 fully saturated rings. The summed E-state index contributed by atoms with van der Waals surface area (Å²) < 4.78 is 6.90. The Morgan fingerprint density at radius 3 is 2.39 bits per heavy atom. The van der Waals surface area contributed by atoms with Crippen molar-refractivity contribution in [3.8, 4) is 17.5 Å². The minimum absolute atomic E-state index is 0.349. The van der Waals surface area contributed by atoms with Gasteiger partial charge in [-0.05, 0) is 36.8 Å². The summed E-state index contributed by atoms with van der Waals surface area (Å²) in [6.45, 7) is 2.03. The molecule has 0 radical (unpaired) electrons. The predicted molar refractivity (Wildman–Crippen MR) is 86.6 cm³/mol. The number of methoxy groups -OCH3 is 1. The third-order valence-electron chi connectivity index (χ3n) is 3.68. The molecule has 3 aromatic rings. The van der Waals surface area contributed by atoms with Crippen LogP contribution < -0.4 is 4.74 Å². The fraction of sp³-hybridized carbons (Fsp3) is 0.167. The summed E-state index contributed by atoms with van der Waals surface area (Å²) in [6, 6.07) is 17.9. The van der Waals surface area contributed by atoms with Crippen LogP contribution in [-0.2, 0) is 6.42 Å². The van der Waals surface area contributed by atoms with Crippen molar-refractivity contribution in [1.82, 2.24) is 15.0 Å². The zero-order valence-corrected chi connectivity index (χ0v) is 13.0. The number of hydrogen-bond acceptors (Lipinski definition) is 4. The first kappa shape index (κ1) is 14.8. The van der Waals surface area contributed by atoms with E-state index in [1.54, 1.807) is 11.8 Å². The second-order valence-corrected chi connectivity index (χ2v) is 5.27. The Bertz CT molecular complexity index is 842. The van der Waals surface area contributed by atoms with Crippen LogP contribution in [0.1, 0.15) is 22.5 Å². The molecule has 0 saturated heterocycles. The molecule has 0 unspecified atom stereocenters. The molecule has 0 spiro atoms. The minimum Gasteiger partial charge on any atom is -0.497 e. The standard InChI is InChI=1S/C18H16N4O/c1-13-3-7-15(8-4-13)22-18(17(12-19)20-21-22)11-14-5-9-16(23-2)10-6-14/h3-10H,11H2,1-2H3. The number of benzene rings is 2. The maximum atomic E-state index is 9.30. The van der Waals surface area contributed by atoms with E-state index in [0.717, 1.165) is 22.7 Å². The summed E-state index contributed by atoms with van der Waals surface area (Å²) in [5.41, 5.74) is 4.26. The van der Waals surface area contributed by atoms with Gasteiger partial charge in [-0.25, -0.2) is 4.68 Å². The Morgan fingerprint density at radius 1 is 1.09 bits per heavy atom. The van der Waals surface area contributed by atoms with Crippen molar-refractivity contribution in [2.75, 3.05) is 7.11 Å². The maximum absolute atomic E-state index is 9.30. The van der Waals surface area contributed by atoms with Crippen LogP contribution in [0.2, 0.25) is 0 Å². The first-order valence-electron chi connectivity index (χ1n) is 7.26. The second kappa shape index (κ2) is 6.32. The lowest BCUT2D eigenvalue weighted by Crippen LogP contribution is -2.04. The lowest BCUT2D eigenvalue weighted by atomic mass is 10.1. The van der Waals surface area contributed by atoms with Crippen LogP contribution in [-0.4, -0.2) is 22.1 Å². The van der Waals surface area contributed by atoms with E-state index in [2.05, 4.69) is 16.4 Å². The highest BCUT2D eigenvalue weighted by Crippen LogP contribution is 2.19. The van der Waals surface area contributed by atoms with Gasteiger partial charge < -0.3 is 4.74 Å². The van der Waals surface area contributed by atoms with Gasteiger partial charge in [-0.3, -0.25) is 0 Å². The van der Waals surface area contributed by atoms with E-state index in [9.17, 15) is 5.26 Å². The van der Waals surface area contributed by atoms with Crippen molar-refractivity contribution in [3.63, 3.8) is 0 Å². The third kappa shape index (κ3) is 3.06. The lowest BCUT2D eigenvalue weighted by molar-refractivity contribution is 0.414. The number of hydrogen-bond donors (Lipinski definition) is 0. The molecule has 1 heterocycles. The lowest BCUT2D eigenvalue weighted by Gasteiger charge is -2.08. The van der Waals surface area contributed by atoms with Gasteiger partial charge in [0, 0.05) is 6.42 Å². The Labute approximate surface area is 134 Å². The molecule has 2 aromatic carbocycles. The van der Waals surface area contributed by atoms with E-state index in [0.29, 0.717) is 12.1 Å². The average Bonchev–Trinajstić information content (AvgIpc) is 2.99. The molecule has 0 aliphatic rings. The fourth-order valence-electron chi connectivity index (χ4n) is 2.38. The normalized spacial score (nSPS) is 10.3. The summed E-state index contributed by atoms with van der Waals surface area (Å²) in [7, 11) is 1.64. The summed E-state index contributed by atoms with van der Waals surface area (Å²) >= 11 is 0. The summed E-state index contributed by atoms with van der Waals surface area (Å²) in [4.78, 5) is 0. The van der Waals surface area contributed by atoms with Crippen molar-refractivity contribution >= 4 is 0 Å². The van der Waals surface area contributed by atoms with Gasteiger partial charge in [0.1, 0.15) is 11.8 Å². The largest absolute Gasteiger partial charge is 0.497 e. The molecule has 0 bridgehead atoms. The molecule has 0 N–H and O–H groups in total.